The van der Waals surface area contributed by atoms with Crippen LogP contribution in [0.15, 0.2) is 0 Å². The molecule has 0 radical (unpaired) electrons. The maximum atomic E-state index is 9.43. The van der Waals surface area contributed by atoms with Crippen molar-refractivity contribution in [3.8, 4) is 0 Å². The summed E-state index contributed by atoms with van der Waals surface area (Å²) >= 11 is 0. The third kappa shape index (κ3) is 6.36. The molecule has 0 atom stereocenters. The SMILES string of the molecule is CN(C)C=O.COC.COCC12CCCN1CCC2. The summed E-state index contributed by atoms with van der Waals surface area (Å²) in [6.45, 7) is 3.57. The van der Waals surface area contributed by atoms with Gasteiger partial charge in [0.2, 0.25) is 6.41 Å². The molecule has 0 aromatic carbocycles. The standard InChI is InChI=1S/C9H17NO.C3H7NO.C2H6O/c1-11-8-9-4-2-6-10(9)7-3-5-9;1-4(2)3-5;1-3-2/h2-8H2,1H3;3H,1-2H3;1-2H3. The van der Waals surface area contributed by atoms with E-state index in [9.17, 15) is 4.79 Å². The molecule has 1 amide bonds. The van der Waals surface area contributed by atoms with Crippen molar-refractivity contribution in [1.82, 2.24) is 9.80 Å². The summed E-state index contributed by atoms with van der Waals surface area (Å²) in [5, 5.41) is 0. The van der Waals surface area contributed by atoms with Gasteiger partial charge in [0.1, 0.15) is 0 Å². The van der Waals surface area contributed by atoms with E-state index in [1.165, 1.54) is 43.7 Å². The van der Waals surface area contributed by atoms with E-state index in [2.05, 4.69) is 9.64 Å². The van der Waals surface area contributed by atoms with E-state index >= 15 is 0 Å². The van der Waals surface area contributed by atoms with Gasteiger partial charge in [-0.05, 0) is 38.8 Å². The lowest BCUT2D eigenvalue weighted by Gasteiger charge is -2.30. The van der Waals surface area contributed by atoms with E-state index < -0.39 is 0 Å². The number of amides is 1. The largest absolute Gasteiger partial charge is 0.388 e. The van der Waals surface area contributed by atoms with E-state index in [-0.39, 0.29) is 0 Å². The Morgan fingerprint density at radius 2 is 1.58 bits per heavy atom. The lowest BCUT2D eigenvalue weighted by Crippen LogP contribution is -2.42. The normalized spacial score (nSPS) is 19.6. The summed E-state index contributed by atoms with van der Waals surface area (Å²) in [7, 11) is 8.45. The van der Waals surface area contributed by atoms with Crippen LogP contribution >= 0.6 is 0 Å². The van der Waals surface area contributed by atoms with Crippen LogP contribution in [0.2, 0.25) is 0 Å². The van der Waals surface area contributed by atoms with Crippen LogP contribution in [-0.4, -0.2) is 76.9 Å². The van der Waals surface area contributed by atoms with Gasteiger partial charge in [-0.15, -0.1) is 0 Å². The van der Waals surface area contributed by atoms with Crippen LogP contribution in [0.4, 0.5) is 0 Å². The van der Waals surface area contributed by atoms with Gasteiger partial charge in [-0.25, -0.2) is 0 Å². The molecular formula is C14H30N2O3. The molecule has 2 rings (SSSR count). The molecule has 0 bridgehead atoms. The first kappa shape index (κ1) is 18.4. The predicted octanol–water partition coefficient (Wildman–Crippen LogP) is 1.23. The van der Waals surface area contributed by atoms with Gasteiger partial charge in [0.05, 0.1) is 6.61 Å². The maximum Gasteiger partial charge on any atom is 0.209 e. The minimum atomic E-state index is 0.467. The number of ether oxygens (including phenoxy) is 2. The molecule has 0 saturated carbocycles. The summed E-state index contributed by atoms with van der Waals surface area (Å²) in [6, 6.07) is 0. The second-order valence-corrected chi connectivity index (χ2v) is 5.33. The zero-order valence-corrected chi connectivity index (χ0v) is 13.1. The van der Waals surface area contributed by atoms with Crippen LogP contribution in [0.1, 0.15) is 25.7 Å². The number of nitrogens with zero attached hydrogens (tertiary/aromatic N) is 2. The third-order valence-corrected chi connectivity index (χ3v) is 3.43. The highest BCUT2D eigenvalue weighted by atomic mass is 16.5. The van der Waals surface area contributed by atoms with E-state index in [0.29, 0.717) is 5.54 Å². The second kappa shape index (κ2) is 10.2. The highest BCUT2D eigenvalue weighted by molar-refractivity contribution is 5.45. The van der Waals surface area contributed by atoms with E-state index in [4.69, 9.17) is 4.74 Å². The highest BCUT2D eigenvalue weighted by Gasteiger charge is 2.43. The minimum Gasteiger partial charge on any atom is -0.388 e. The van der Waals surface area contributed by atoms with Crippen molar-refractivity contribution in [2.24, 2.45) is 0 Å². The lowest BCUT2D eigenvalue weighted by molar-refractivity contribution is -0.115. The van der Waals surface area contributed by atoms with Crippen molar-refractivity contribution in [2.75, 3.05) is 55.1 Å². The van der Waals surface area contributed by atoms with Crippen molar-refractivity contribution < 1.29 is 14.3 Å². The molecule has 2 fully saturated rings. The Morgan fingerprint density at radius 3 is 1.89 bits per heavy atom. The molecule has 0 aromatic heterocycles. The van der Waals surface area contributed by atoms with Crippen molar-refractivity contribution in [3.05, 3.63) is 0 Å². The number of methoxy groups -OCH3 is 2. The topological polar surface area (TPSA) is 42.0 Å². The molecule has 5 heteroatoms. The molecule has 2 aliphatic rings. The number of rotatable bonds is 3. The predicted molar refractivity (Wildman–Crippen MR) is 77.3 cm³/mol. The van der Waals surface area contributed by atoms with Gasteiger partial charge in [0, 0.05) is 41.0 Å². The molecule has 0 N–H and O–H groups in total. The molecule has 0 unspecified atom stereocenters. The van der Waals surface area contributed by atoms with E-state index in [1.54, 1.807) is 28.3 Å². The molecule has 114 valence electrons. The number of hydrogen-bond acceptors (Lipinski definition) is 4. The number of hydrogen-bond donors (Lipinski definition) is 0. The Bertz CT molecular complexity index is 225. The smallest absolute Gasteiger partial charge is 0.209 e. The summed E-state index contributed by atoms with van der Waals surface area (Å²) < 4.78 is 9.54. The van der Waals surface area contributed by atoms with Gasteiger partial charge < -0.3 is 14.4 Å². The first-order valence-electron chi connectivity index (χ1n) is 6.82. The second-order valence-electron chi connectivity index (χ2n) is 5.33. The number of carbonyl (C=O) groups is 1. The molecule has 2 saturated heterocycles. The highest BCUT2D eigenvalue weighted by Crippen LogP contribution is 2.38. The summed E-state index contributed by atoms with van der Waals surface area (Å²) in [5.74, 6) is 0. The Morgan fingerprint density at radius 1 is 1.16 bits per heavy atom. The zero-order chi connectivity index (χ0) is 14.7. The van der Waals surface area contributed by atoms with Crippen molar-refractivity contribution in [2.45, 2.75) is 31.2 Å². The molecule has 2 aliphatic heterocycles. The summed E-state index contributed by atoms with van der Waals surface area (Å²) in [4.78, 5) is 13.5. The van der Waals surface area contributed by atoms with Crippen LogP contribution in [0.5, 0.6) is 0 Å². The maximum absolute atomic E-state index is 9.43. The van der Waals surface area contributed by atoms with Crippen LogP contribution in [0.25, 0.3) is 0 Å². The monoisotopic (exact) mass is 274 g/mol. The quantitative estimate of drug-likeness (QED) is 0.726. The zero-order valence-electron chi connectivity index (χ0n) is 13.1. The van der Waals surface area contributed by atoms with Crippen molar-refractivity contribution in [3.63, 3.8) is 0 Å². The fourth-order valence-electron chi connectivity index (χ4n) is 2.73. The van der Waals surface area contributed by atoms with Crippen LogP contribution in [-0.2, 0) is 14.3 Å². The first-order chi connectivity index (χ1) is 9.06. The average Bonchev–Trinajstić information content (AvgIpc) is 2.90. The van der Waals surface area contributed by atoms with Crippen molar-refractivity contribution >= 4 is 6.41 Å². The summed E-state index contributed by atoms with van der Waals surface area (Å²) in [5.41, 5.74) is 0.467. The summed E-state index contributed by atoms with van der Waals surface area (Å²) in [6.07, 6.45) is 6.23. The number of carbonyl (C=O) groups excluding carboxylic acids is 1. The van der Waals surface area contributed by atoms with Crippen LogP contribution in [0, 0.1) is 0 Å². The molecule has 19 heavy (non-hydrogen) atoms. The minimum absolute atomic E-state index is 0.467. The average molecular weight is 274 g/mol. The van der Waals surface area contributed by atoms with Gasteiger partial charge in [-0.3, -0.25) is 9.69 Å². The van der Waals surface area contributed by atoms with Gasteiger partial charge in [0.25, 0.3) is 0 Å². The molecule has 0 aliphatic carbocycles. The third-order valence-electron chi connectivity index (χ3n) is 3.43. The van der Waals surface area contributed by atoms with Gasteiger partial charge >= 0.3 is 0 Å². The Balaban J connectivity index is 0.000000344. The van der Waals surface area contributed by atoms with Gasteiger partial charge in [-0.1, -0.05) is 0 Å². The Labute approximate surface area is 117 Å². The molecular weight excluding hydrogens is 244 g/mol. The van der Waals surface area contributed by atoms with Gasteiger partial charge in [-0.2, -0.15) is 0 Å². The molecule has 5 nitrogen and oxygen atoms in total. The van der Waals surface area contributed by atoms with E-state index in [1.807, 2.05) is 7.11 Å². The fraction of sp³-hybridized carbons (Fsp3) is 0.929. The van der Waals surface area contributed by atoms with Crippen LogP contribution in [0.3, 0.4) is 0 Å². The van der Waals surface area contributed by atoms with E-state index in [0.717, 1.165) is 13.0 Å². The lowest BCUT2D eigenvalue weighted by atomic mass is 9.95. The van der Waals surface area contributed by atoms with Crippen LogP contribution < -0.4 is 0 Å². The fourth-order valence-corrected chi connectivity index (χ4v) is 2.73. The molecule has 2 heterocycles. The van der Waals surface area contributed by atoms with Crippen molar-refractivity contribution in [1.29, 1.82) is 0 Å². The first-order valence-corrected chi connectivity index (χ1v) is 6.82. The Kier molecular flexibility index (Phi) is 9.83. The number of fused-ring (bicyclic) bond motifs is 1. The Hall–Kier alpha value is -0.650. The van der Waals surface area contributed by atoms with Gasteiger partial charge in [0.15, 0.2) is 0 Å². The molecule has 0 spiro atoms. The molecule has 0 aromatic rings.